The van der Waals surface area contributed by atoms with E-state index in [0.717, 1.165) is 32.4 Å². The number of rotatable bonds is 32. The number of carbonyl (C=O) groups excluding carboxylic acids is 1. The van der Waals surface area contributed by atoms with Crippen molar-refractivity contribution in [2.24, 2.45) is 10.9 Å². The number of aliphatic imine (C=N–C) groups is 1. The van der Waals surface area contributed by atoms with Crippen molar-refractivity contribution >= 4 is 11.8 Å². The predicted octanol–water partition coefficient (Wildman–Crippen LogP) is 11.5. The Labute approximate surface area is 257 Å². The fraction of sp³-hybridized carbons (Fsp3) is 0.946. The summed E-state index contributed by atoms with van der Waals surface area (Å²) < 4.78 is 5.58. The van der Waals surface area contributed by atoms with E-state index in [1.54, 1.807) is 0 Å². The van der Waals surface area contributed by atoms with Gasteiger partial charge in [-0.3, -0.25) is 9.79 Å². The maximum atomic E-state index is 12.2. The molecule has 0 amide bonds. The van der Waals surface area contributed by atoms with Gasteiger partial charge in [0.25, 0.3) is 0 Å². The van der Waals surface area contributed by atoms with E-state index in [4.69, 9.17) is 9.73 Å². The van der Waals surface area contributed by atoms with Crippen LogP contribution in [-0.4, -0.2) is 31.5 Å². The monoisotopic (exact) mass is 577 g/mol. The SMILES string of the molecule is CCCCCCCCCCCCCCCCCC(=O)OCCCC(CCCCCCCCCCCC)C1=NCCN1. The van der Waals surface area contributed by atoms with Gasteiger partial charge in [0.05, 0.1) is 19.0 Å². The van der Waals surface area contributed by atoms with Crippen LogP contribution in [-0.2, 0) is 9.53 Å². The Balaban J connectivity index is 1.94. The molecule has 0 bridgehead atoms. The summed E-state index contributed by atoms with van der Waals surface area (Å²) >= 11 is 0. The molecule has 0 aliphatic carbocycles. The second-order valence-electron chi connectivity index (χ2n) is 12.9. The minimum Gasteiger partial charge on any atom is -0.466 e. The average Bonchev–Trinajstić information content (AvgIpc) is 3.52. The maximum Gasteiger partial charge on any atom is 0.305 e. The fourth-order valence-electron chi connectivity index (χ4n) is 6.21. The van der Waals surface area contributed by atoms with Crippen molar-refractivity contribution in [3.8, 4) is 0 Å². The Hall–Kier alpha value is -1.06. The smallest absolute Gasteiger partial charge is 0.305 e. The minimum absolute atomic E-state index is 0.00210. The average molecular weight is 577 g/mol. The van der Waals surface area contributed by atoms with E-state index in [-0.39, 0.29) is 5.97 Å². The highest BCUT2D eigenvalue weighted by Crippen LogP contribution is 2.20. The molecular weight excluding hydrogens is 504 g/mol. The van der Waals surface area contributed by atoms with Gasteiger partial charge < -0.3 is 10.1 Å². The summed E-state index contributed by atoms with van der Waals surface area (Å²) in [6.45, 7) is 7.04. The Morgan fingerprint density at radius 2 is 1.02 bits per heavy atom. The van der Waals surface area contributed by atoms with E-state index in [0.29, 0.717) is 18.9 Å². The van der Waals surface area contributed by atoms with Gasteiger partial charge in [0.2, 0.25) is 0 Å². The topological polar surface area (TPSA) is 50.7 Å². The van der Waals surface area contributed by atoms with E-state index in [1.807, 2.05) is 0 Å². The third-order valence-corrected chi connectivity index (χ3v) is 8.94. The van der Waals surface area contributed by atoms with Gasteiger partial charge in [-0.15, -0.1) is 0 Å². The van der Waals surface area contributed by atoms with Crippen molar-refractivity contribution in [1.82, 2.24) is 5.32 Å². The first-order valence-electron chi connectivity index (χ1n) is 18.7. The Morgan fingerprint density at radius 3 is 1.46 bits per heavy atom. The molecule has 242 valence electrons. The van der Waals surface area contributed by atoms with Crippen LogP contribution < -0.4 is 5.32 Å². The van der Waals surface area contributed by atoms with Crippen molar-refractivity contribution < 1.29 is 9.53 Å². The van der Waals surface area contributed by atoms with Gasteiger partial charge in [-0.1, -0.05) is 168 Å². The third kappa shape index (κ3) is 25.2. The standard InChI is InChI=1S/C37H72N2O2/c1-3-5-7-9-11-13-15-16-17-18-19-21-23-25-27-31-36(40)41-34-28-30-35(37-38-32-33-39-37)29-26-24-22-20-14-12-10-8-6-4-2/h35H,3-34H2,1-2H3,(H,38,39). The first-order chi connectivity index (χ1) is 20.3. The Morgan fingerprint density at radius 1 is 0.610 bits per heavy atom. The summed E-state index contributed by atoms with van der Waals surface area (Å²) in [6.07, 6.45) is 37.9. The highest BCUT2D eigenvalue weighted by atomic mass is 16.5. The van der Waals surface area contributed by atoms with Crippen LogP contribution >= 0.6 is 0 Å². The van der Waals surface area contributed by atoms with Crippen molar-refractivity contribution in [1.29, 1.82) is 0 Å². The molecule has 0 aromatic carbocycles. The molecule has 0 radical (unpaired) electrons. The van der Waals surface area contributed by atoms with E-state index in [9.17, 15) is 4.79 Å². The van der Waals surface area contributed by atoms with Gasteiger partial charge in [0.15, 0.2) is 0 Å². The van der Waals surface area contributed by atoms with Gasteiger partial charge in [0, 0.05) is 18.9 Å². The number of carbonyl (C=O) groups is 1. The normalized spacial score (nSPS) is 13.8. The molecule has 1 heterocycles. The highest BCUT2D eigenvalue weighted by Gasteiger charge is 2.18. The van der Waals surface area contributed by atoms with Crippen LogP contribution in [0.15, 0.2) is 4.99 Å². The lowest BCUT2D eigenvalue weighted by Gasteiger charge is -2.17. The molecule has 0 saturated heterocycles. The van der Waals surface area contributed by atoms with Crippen LogP contribution in [0, 0.1) is 5.92 Å². The molecule has 1 aliphatic heterocycles. The zero-order valence-corrected chi connectivity index (χ0v) is 28.0. The highest BCUT2D eigenvalue weighted by molar-refractivity contribution is 5.85. The second kappa shape index (κ2) is 30.4. The summed E-state index contributed by atoms with van der Waals surface area (Å²) in [5.41, 5.74) is 0. The summed E-state index contributed by atoms with van der Waals surface area (Å²) in [6, 6.07) is 0. The molecule has 1 rings (SSSR count). The van der Waals surface area contributed by atoms with Crippen molar-refractivity contribution in [2.45, 2.75) is 200 Å². The van der Waals surface area contributed by atoms with Gasteiger partial charge in [-0.25, -0.2) is 0 Å². The Kier molecular flexibility index (Phi) is 28.1. The number of amidine groups is 1. The largest absolute Gasteiger partial charge is 0.466 e. The molecule has 0 fully saturated rings. The van der Waals surface area contributed by atoms with Crippen LogP contribution in [0.5, 0.6) is 0 Å². The number of esters is 1. The number of hydrogen-bond donors (Lipinski definition) is 1. The lowest BCUT2D eigenvalue weighted by molar-refractivity contribution is -0.143. The quantitative estimate of drug-likeness (QED) is 0.0640. The number of nitrogens with one attached hydrogen (secondary N) is 1. The molecule has 0 aromatic rings. The lowest BCUT2D eigenvalue weighted by atomic mass is 9.94. The maximum absolute atomic E-state index is 12.2. The number of nitrogens with zero attached hydrogens (tertiary/aromatic N) is 1. The van der Waals surface area contributed by atoms with Gasteiger partial charge in [-0.2, -0.15) is 0 Å². The summed E-state index contributed by atoms with van der Waals surface area (Å²) in [5, 5.41) is 3.51. The molecule has 4 heteroatoms. The zero-order valence-electron chi connectivity index (χ0n) is 28.0. The fourth-order valence-corrected chi connectivity index (χ4v) is 6.21. The van der Waals surface area contributed by atoms with Crippen LogP contribution in [0.3, 0.4) is 0 Å². The van der Waals surface area contributed by atoms with Gasteiger partial charge in [-0.05, 0) is 25.7 Å². The van der Waals surface area contributed by atoms with Crippen LogP contribution in [0.25, 0.3) is 0 Å². The molecule has 1 aliphatic rings. The van der Waals surface area contributed by atoms with Gasteiger partial charge in [0.1, 0.15) is 0 Å². The van der Waals surface area contributed by atoms with Crippen molar-refractivity contribution in [2.75, 3.05) is 19.7 Å². The first-order valence-corrected chi connectivity index (χ1v) is 18.7. The summed E-state index contributed by atoms with van der Waals surface area (Å²) in [4.78, 5) is 16.9. The number of hydrogen-bond acceptors (Lipinski definition) is 4. The zero-order chi connectivity index (χ0) is 29.5. The molecule has 1 unspecified atom stereocenters. The molecule has 41 heavy (non-hydrogen) atoms. The Bertz CT molecular complexity index is 591. The second-order valence-corrected chi connectivity index (χ2v) is 12.9. The van der Waals surface area contributed by atoms with Crippen molar-refractivity contribution in [3.05, 3.63) is 0 Å². The van der Waals surface area contributed by atoms with E-state index in [2.05, 4.69) is 19.2 Å². The van der Waals surface area contributed by atoms with Crippen LogP contribution in [0.4, 0.5) is 0 Å². The molecule has 1 atom stereocenters. The lowest BCUT2D eigenvalue weighted by Crippen LogP contribution is -2.27. The van der Waals surface area contributed by atoms with Crippen LogP contribution in [0.1, 0.15) is 200 Å². The summed E-state index contributed by atoms with van der Waals surface area (Å²) in [5.74, 6) is 1.73. The summed E-state index contributed by atoms with van der Waals surface area (Å²) in [7, 11) is 0. The van der Waals surface area contributed by atoms with E-state index < -0.39 is 0 Å². The molecule has 1 N–H and O–H groups in total. The molecule has 4 nitrogen and oxygen atoms in total. The van der Waals surface area contributed by atoms with Gasteiger partial charge >= 0.3 is 5.97 Å². The molecular formula is C37H72N2O2. The van der Waals surface area contributed by atoms with E-state index >= 15 is 0 Å². The van der Waals surface area contributed by atoms with E-state index in [1.165, 1.54) is 166 Å². The predicted molar refractivity (Wildman–Crippen MR) is 180 cm³/mol. The van der Waals surface area contributed by atoms with Crippen LogP contribution in [0.2, 0.25) is 0 Å². The third-order valence-electron chi connectivity index (χ3n) is 8.94. The minimum atomic E-state index is 0.00210. The molecule has 0 aromatic heterocycles. The first kappa shape index (κ1) is 38.0. The molecule has 0 saturated carbocycles. The molecule has 0 spiro atoms. The number of unbranched alkanes of at least 4 members (excludes halogenated alkanes) is 23. The van der Waals surface area contributed by atoms with Crippen molar-refractivity contribution in [3.63, 3.8) is 0 Å². The number of ether oxygens (including phenoxy) is 1.